The molecule has 7 N–H and O–H groups in total. The Labute approximate surface area is 372 Å². The van der Waals surface area contributed by atoms with Gasteiger partial charge in [0.1, 0.15) is 54.9 Å². The molecule has 2 fully saturated rings. The van der Waals surface area contributed by atoms with Crippen molar-refractivity contribution in [2.75, 3.05) is 33.0 Å². The molecule has 2 aliphatic rings. The fourth-order valence-corrected chi connectivity index (χ4v) is 7.19. The molecule has 0 aromatic heterocycles. The molecule has 0 amide bonds. The first-order valence-corrected chi connectivity index (χ1v) is 23.7. The SMILES string of the molecule is CC/C=C\C/C=C\C/C=C\C/C=C\CCCCCCCCCCCCCCCOCC(COC1OC(COC2OC(CO)C(O)C(O)C2O)C(O)C(O)C1O)OC(=O)CCCC. The monoisotopic (exact) mass is 885 g/mol. The van der Waals surface area contributed by atoms with E-state index in [9.17, 15) is 40.5 Å². The second-order valence-electron chi connectivity index (χ2n) is 16.6. The van der Waals surface area contributed by atoms with Crippen molar-refractivity contribution in [1.82, 2.24) is 0 Å². The van der Waals surface area contributed by atoms with Crippen molar-refractivity contribution in [1.29, 1.82) is 0 Å². The third-order valence-electron chi connectivity index (χ3n) is 11.1. The van der Waals surface area contributed by atoms with Crippen molar-refractivity contribution >= 4 is 5.97 Å². The van der Waals surface area contributed by atoms with E-state index in [-0.39, 0.29) is 19.6 Å². The van der Waals surface area contributed by atoms with Gasteiger partial charge >= 0.3 is 5.97 Å². The molecule has 0 spiro atoms. The molecule has 2 rings (SSSR count). The van der Waals surface area contributed by atoms with Crippen LogP contribution in [0.25, 0.3) is 0 Å². The number of aliphatic hydroxyl groups excluding tert-OH is 7. The van der Waals surface area contributed by atoms with Crippen LogP contribution in [0.3, 0.4) is 0 Å². The molecule has 2 aliphatic heterocycles. The van der Waals surface area contributed by atoms with E-state index in [4.69, 9.17) is 28.4 Å². The van der Waals surface area contributed by atoms with Crippen LogP contribution in [0, 0.1) is 0 Å². The van der Waals surface area contributed by atoms with Gasteiger partial charge in [-0.3, -0.25) is 4.79 Å². The van der Waals surface area contributed by atoms with Gasteiger partial charge in [0.25, 0.3) is 0 Å². The van der Waals surface area contributed by atoms with Crippen molar-refractivity contribution in [3.8, 4) is 0 Å². The number of allylic oxidation sites excluding steroid dienone is 8. The molecule has 14 nitrogen and oxygen atoms in total. The van der Waals surface area contributed by atoms with E-state index in [2.05, 4.69) is 55.5 Å². The van der Waals surface area contributed by atoms with E-state index >= 15 is 0 Å². The number of rotatable bonds is 36. The Kier molecular flexibility index (Phi) is 32.7. The van der Waals surface area contributed by atoms with Gasteiger partial charge in [-0.25, -0.2) is 0 Å². The van der Waals surface area contributed by atoms with Gasteiger partial charge < -0.3 is 64.2 Å². The van der Waals surface area contributed by atoms with Crippen LogP contribution in [0.15, 0.2) is 48.6 Å². The molecule has 2 heterocycles. The molecule has 2 saturated heterocycles. The third-order valence-corrected chi connectivity index (χ3v) is 11.1. The highest BCUT2D eigenvalue weighted by molar-refractivity contribution is 5.69. The minimum atomic E-state index is -1.70. The van der Waals surface area contributed by atoms with Crippen LogP contribution in [0.4, 0.5) is 0 Å². The quantitative estimate of drug-likeness (QED) is 0.0218. The minimum Gasteiger partial charge on any atom is -0.457 e. The molecular weight excluding hydrogens is 801 g/mol. The molecular formula is C48H84O14. The molecule has 14 heteroatoms. The molecule has 11 unspecified atom stereocenters. The summed E-state index contributed by atoms with van der Waals surface area (Å²) < 4.78 is 33.7. The number of hydrogen-bond acceptors (Lipinski definition) is 14. The Bertz CT molecular complexity index is 1210. The van der Waals surface area contributed by atoms with E-state index < -0.39 is 86.7 Å². The first-order valence-electron chi connectivity index (χ1n) is 23.7. The van der Waals surface area contributed by atoms with Gasteiger partial charge in [0, 0.05) is 13.0 Å². The van der Waals surface area contributed by atoms with Gasteiger partial charge in [-0.15, -0.1) is 0 Å². The van der Waals surface area contributed by atoms with Gasteiger partial charge in [0.2, 0.25) is 0 Å². The fourth-order valence-electron chi connectivity index (χ4n) is 7.19. The van der Waals surface area contributed by atoms with Crippen molar-refractivity contribution < 1.29 is 69.0 Å². The van der Waals surface area contributed by atoms with Crippen LogP contribution >= 0.6 is 0 Å². The predicted octanol–water partition coefficient (Wildman–Crippen LogP) is 6.01. The smallest absolute Gasteiger partial charge is 0.306 e. The summed E-state index contributed by atoms with van der Waals surface area (Å²) in [6, 6.07) is 0. The summed E-state index contributed by atoms with van der Waals surface area (Å²) >= 11 is 0. The predicted molar refractivity (Wildman–Crippen MR) is 238 cm³/mol. The van der Waals surface area contributed by atoms with Gasteiger partial charge in [0.15, 0.2) is 12.6 Å². The first kappa shape index (κ1) is 56.1. The van der Waals surface area contributed by atoms with Crippen molar-refractivity contribution in [2.45, 2.75) is 216 Å². The Balaban J connectivity index is 1.56. The van der Waals surface area contributed by atoms with Crippen LogP contribution in [-0.2, 0) is 33.2 Å². The molecule has 11 atom stereocenters. The van der Waals surface area contributed by atoms with Gasteiger partial charge in [-0.1, -0.05) is 140 Å². The van der Waals surface area contributed by atoms with Crippen molar-refractivity contribution in [2.24, 2.45) is 0 Å². The van der Waals surface area contributed by atoms with E-state index in [1.807, 2.05) is 6.92 Å². The molecule has 0 saturated carbocycles. The number of ether oxygens (including phenoxy) is 6. The third kappa shape index (κ3) is 24.3. The van der Waals surface area contributed by atoms with Crippen LogP contribution in [0.1, 0.15) is 149 Å². The van der Waals surface area contributed by atoms with E-state index in [1.54, 1.807) is 0 Å². The number of carbonyl (C=O) groups excluding carboxylic acids is 1. The number of unbranched alkanes of at least 4 members (excludes halogenated alkanes) is 14. The summed E-state index contributed by atoms with van der Waals surface area (Å²) in [5.74, 6) is -0.413. The minimum absolute atomic E-state index is 0.0563. The zero-order valence-electron chi connectivity index (χ0n) is 37.8. The largest absolute Gasteiger partial charge is 0.457 e. The number of hydrogen-bond donors (Lipinski definition) is 7. The Hall–Kier alpha value is -2.05. The van der Waals surface area contributed by atoms with E-state index in [0.717, 1.165) is 51.4 Å². The lowest BCUT2D eigenvalue weighted by molar-refractivity contribution is -0.332. The molecule has 0 aromatic carbocycles. The Morgan fingerprint density at radius 1 is 0.548 bits per heavy atom. The maximum atomic E-state index is 12.5. The van der Waals surface area contributed by atoms with Crippen LogP contribution in [-0.4, -0.2) is 142 Å². The second kappa shape index (κ2) is 36.2. The van der Waals surface area contributed by atoms with Gasteiger partial charge in [-0.2, -0.15) is 0 Å². The standard InChI is InChI=1S/C48H84O14/c1-3-5-7-8-9-10-11-12-13-14-15-16-17-18-19-20-21-22-23-24-25-26-27-28-29-30-32-57-34-37(60-40(50)31-6-4-2)35-58-47-46(56)44(54)42(52)39(62-47)36-59-48-45(55)43(53)41(51)38(33-49)61-48/h5,7,9-10,12-13,15-16,37-39,41-49,51-56H,3-4,6,8,11,14,17-36H2,1-2H3/b7-5-,10-9-,13-12-,16-15-. The molecule has 360 valence electrons. The summed E-state index contributed by atoms with van der Waals surface area (Å²) in [7, 11) is 0. The van der Waals surface area contributed by atoms with Crippen molar-refractivity contribution in [3.05, 3.63) is 48.6 Å². The first-order chi connectivity index (χ1) is 30.1. The molecule has 0 bridgehead atoms. The van der Waals surface area contributed by atoms with Gasteiger partial charge in [-0.05, 0) is 51.4 Å². The molecule has 0 aromatic rings. The Morgan fingerprint density at radius 2 is 1.03 bits per heavy atom. The summed E-state index contributed by atoms with van der Waals surface area (Å²) in [4.78, 5) is 12.5. The van der Waals surface area contributed by atoms with Crippen LogP contribution in [0.2, 0.25) is 0 Å². The van der Waals surface area contributed by atoms with Gasteiger partial charge in [0.05, 0.1) is 26.4 Å². The topological polar surface area (TPSA) is 214 Å². The normalized spacial score (nSPS) is 27.6. The lowest BCUT2D eigenvalue weighted by Crippen LogP contribution is -2.61. The maximum Gasteiger partial charge on any atom is 0.306 e. The summed E-state index contributed by atoms with van der Waals surface area (Å²) in [5, 5.41) is 71.5. The molecule has 0 radical (unpaired) electrons. The highest BCUT2D eigenvalue weighted by Gasteiger charge is 2.47. The van der Waals surface area contributed by atoms with Crippen molar-refractivity contribution in [3.63, 3.8) is 0 Å². The average molecular weight is 885 g/mol. The maximum absolute atomic E-state index is 12.5. The summed E-state index contributed by atoms with van der Waals surface area (Å²) in [6.45, 7) is 3.30. The van der Waals surface area contributed by atoms with Crippen LogP contribution in [0.5, 0.6) is 0 Å². The summed E-state index contributed by atoms with van der Waals surface area (Å²) in [6.07, 6.45) is 24.8. The highest BCUT2D eigenvalue weighted by Crippen LogP contribution is 2.26. The molecule has 62 heavy (non-hydrogen) atoms. The number of carbonyl (C=O) groups is 1. The molecule has 0 aliphatic carbocycles. The number of aliphatic hydroxyl groups is 7. The number of esters is 1. The summed E-state index contributed by atoms with van der Waals surface area (Å²) in [5.41, 5.74) is 0. The highest BCUT2D eigenvalue weighted by atomic mass is 16.7. The lowest BCUT2D eigenvalue weighted by atomic mass is 9.98. The van der Waals surface area contributed by atoms with Crippen LogP contribution < -0.4 is 0 Å². The van der Waals surface area contributed by atoms with E-state index in [0.29, 0.717) is 13.0 Å². The van der Waals surface area contributed by atoms with E-state index in [1.165, 1.54) is 70.6 Å². The lowest BCUT2D eigenvalue weighted by Gasteiger charge is -2.42. The second-order valence-corrected chi connectivity index (χ2v) is 16.6. The Morgan fingerprint density at radius 3 is 1.58 bits per heavy atom. The average Bonchev–Trinajstić information content (AvgIpc) is 3.27. The zero-order chi connectivity index (χ0) is 45.2. The zero-order valence-corrected chi connectivity index (χ0v) is 37.8. The fraction of sp³-hybridized carbons (Fsp3) is 0.812.